The Kier molecular flexibility index (Phi) is 2.69. The smallest absolute Gasteiger partial charge is 0.137 e. The van der Waals surface area contributed by atoms with Crippen molar-refractivity contribution in [1.82, 2.24) is 9.38 Å². The second-order valence-electron chi connectivity index (χ2n) is 5.39. The molecule has 0 bridgehead atoms. The minimum Gasteiger partial charge on any atom is -0.379 e. The zero-order valence-electron chi connectivity index (χ0n) is 11.3. The van der Waals surface area contributed by atoms with E-state index in [4.69, 9.17) is 0 Å². The van der Waals surface area contributed by atoms with E-state index in [2.05, 4.69) is 39.1 Å². The van der Waals surface area contributed by atoms with Crippen LogP contribution in [-0.4, -0.2) is 9.38 Å². The maximum absolute atomic E-state index is 4.60. The Bertz CT molecular complexity index is 725. The van der Waals surface area contributed by atoms with Gasteiger partial charge in [0.1, 0.15) is 5.65 Å². The average molecular weight is 263 g/mol. The first-order valence-electron chi connectivity index (χ1n) is 7.17. The van der Waals surface area contributed by atoms with Crippen LogP contribution in [-0.2, 0) is 19.4 Å². The molecular weight excluding hydrogens is 246 g/mol. The number of nitrogens with zero attached hydrogens (tertiary/aromatic N) is 2. The van der Waals surface area contributed by atoms with Crippen LogP contribution in [0.3, 0.4) is 0 Å². The quantitative estimate of drug-likeness (QED) is 0.784. The molecule has 0 radical (unpaired) electrons. The summed E-state index contributed by atoms with van der Waals surface area (Å²) in [5.41, 5.74) is 6.28. The molecule has 0 spiro atoms. The summed E-state index contributed by atoms with van der Waals surface area (Å²) in [7, 11) is 0. The van der Waals surface area contributed by atoms with Gasteiger partial charge in [-0.25, -0.2) is 4.98 Å². The summed E-state index contributed by atoms with van der Waals surface area (Å²) in [4.78, 5) is 4.60. The first kappa shape index (κ1) is 11.5. The van der Waals surface area contributed by atoms with Crippen LogP contribution in [0.5, 0.6) is 0 Å². The zero-order chi connectivity index (χ0) is 13.4. The lowest BCUT2D eigenvalue weighted by Crippen LogP contribution is -2.00. The molecule has 0 atom stereocenters. The predicted octanol–water partition coefficient (Wildman–Crippen LogP) is 3.44. The van der Waals surface area contributed by atoms with E-state index < -0.39 is 0 Å². The number of pyridine rings is 1. The molecule has 1 aromatic carbocycles. The van der Waals surface area contributed by atoms with Gasteiger partial charge in [0.25, 0.3) is 0 Å². The molecule has 0 saturated carbocycles. The van der Waals surface area contributed by atoms with E-state index >= 15 is 0 Å². The molecule has 0 unspecified atom stereocenters. The third-order valence-electron chi connectivity index (χ3n) is 3.99. The molecule has 1 aliphatic carbocycles. The van der Waals surface area contributed by atoms with Crippen LogP contribution >= 0.6 is 0 Å². The van der Waals surface area contributed by atoms with Crippen molar-refractivity contribution in [3.63, 3.8) is 0 Å². The normalized spacial score (nSPS) is 13.6. The summed E-state index contributed by atoms with van der Waals surface area (Å²) in [6.07, 6.45) is 7.86. The second kappa shape index (κ2) is 4.67. The van der Waals surface area contributed by atoms with Crippen molar-refractivity contribution in [3.8, 4) is 0 Å². The summed E-state index contributed by atoms with van der Waals surface area (Å²) in [5, 5.41) is 3.48. The monoisotopic (exact) mass is 263 g/mol. The van der Waals surface area contributed by atoms with E-state index in [1.807, 2.05) is 24.4 Å². The van der Waals surface area contributed by atoms with Crippen LogP contribution in [0.2, 0.25) is 0 Å². The van der Waals surface area contributed by atoms with Gasteiger partial charge in [-0.05, 0) is 54.7 Å². The fourth-order valence-electron chi connectivity index (χ4n) is 2.95. The third kappa shape index (κ3) is 2.05. The van der Waals surface area contributed by atoms with E-state index in [0.29, 0.717) is 0 Å². The Hall–Kier alpha value is -2.29. The number of anilines is 1. The van der Waals surface area contributed by atoms with E-state index in [-0.39, 0.29) is 0 Å². The molecule has 2 aromatic heterocycles. The molecule has 0 amide bonds. The minimum absolute atomic E-state index is 0.764. The number of imidazole rings is 1. The SMILES string of the molecule is c1ccn2cc(CNc3ccc4c(c3)CCC4)nc2c1. The van der Waals surface area contributed by atoms with Gasteiger partial charge in [-0.3, -0.25) is 0 Å². The lowest BCUT2D eigenvalue weighted by Gasteiger charge is -2.06. The Labute approximate surface area is 118 Å². The fourth-order valence-corrected chi connectivity index (χ4v) is 2.95. The average Bonchev–Trinajstić information content (AvgIpc) is 3.10. The third-order valence-corrected chi connectivity index (χ3v) is 3.99. The first-order valence-corrected chi connectivity index (χ1v) is 7.17. The molecule has 3 heteroatoms. The topological polar surface area (TPSA) is 29.3 Å². The highest BCUT2D eigenvalue weighted by Gasteiger charge is 2.10. The number of aryl methyl sites for hydroxylation is 2. The summed E-state index contributed by atoms with van der Waals surface area (Å²) < 4.78 is 2.06. The van der Waals surface area contributed by atoms with Gasteiger partial charge in [-0.2, -0.15) is 0 Å². The van der Waals surface area contributed by atoms with Crippen molar-refractivity contribution in [1.29, 1.82) is 0 Å². The maximum atomic E-state index is 4.60. The van der Waals surface area contributed by atoms with Gasteiger partial charge in [0.15, 0.2) is 0 Å². The Morgan fingerprint density at radius 2 is 2.05 bits per heavy atom. The first-order chi connectivity index (χ1) is 9.88. The van der Waals surface area contributed by atoms with Crippen molar-refractivity contribution in [2.75, 3.05) is 5.32 Å². The number of aromatic nitrogens is 2. The number of fused-ring (bicyclic) bond motifs is 2. The molecule has 0 aliphatic heterocycles. The molecule has 4 rings (SSSR count). The number of rotatable bonds is 3. The van der Waals surface area contributed by atoms with Crippen LogP contribution in [0.25, 0.3) is 5.65 Å². The molecule has 0 fully saturated rings. The summed E-state index contributed by atoms with van der Waals surface area (Å²) in [6.45, 7) is 0.764. The predicted molar refractivity (Wildman–Crippen MR) is 81.0 cm³/mol. The van der Waals surface area contributed by atoms with Crippen LogP contribution < -0.4 is 5.32 Å². The fraction of sp³-hybridized carbons (Fsp3) is 0.235. The number of benzene rings is 1. The molecule has 2 heterocycles. The summed E-state index contributed by atoms with van der Waals surface area (Å²) in [6, 6.07) is 12.8. The highest BCUT2D eigenvalue weighted by molar-refractivity contribution is 5.50. The summed E-state index contributed by atoms with van der Waals surface area (Å²) in [5.74, 6) is 0. The van der Waals surface area contributed by atoms with Gasteiger partial charge in [-0.1, -0.05) is 12.1 Å². The van der Waals surface area contributed by atoms with Gasteiger partial charge < -0.3 is 9.72 Å². The second-order valence-corrected chi connectivity index (χ2v) is 5.39. The lowest BCUT2D eigenvalue weighted by molar-refractivity contribution is 0.912. The molecule has 1 N–H and O–H groups in total. The van der Waals surface area contributed by atoms with E-state index in [0.717, 1.165) is 17.9 Å². The summed E-state index contributed by atoms with van der Waals surface area (Å²) >= 11 is 0. The van der Waals surface area contributed by atoms with E-state index in [1.165, 1.54) is 36.1 Å². The van der Waals surface area contributed by atoms with Crippen LogP contribution in [0.15, 0.2) is 48.8 Å². The van der Waals surface area contributed by atoms with Gasteiger partial charge in [-0.15, -0.1) is 0 Å². The van der Waals surface area contributed by atoms with Gasteiger partial charge in [0.05, 0.1) is 12.2 Å². The van der Waals surface area contributed by atoms with Crippen LogP contribution in [0, 0.1) is 0 Å². The maximum Gasteiger partial charge on any atom is 0.137 e. The molecular formula is C17H17N3. The Balaban J connectivity index is 1.52. The van der Waals surface area contributed by atoms with Gasteiger partial charge in [0.2, 0.25) is 0 Å². The highest BCUT2D eigenvalue weighted by Crippen LogP contribution is 2.25. The van der Waals surface area contributed by atoms with Crippen molar-refractivity contribution >= 4 is 11.3 Å². The molecule has 3 aromatic rings. The number of nitrogens with one attached hydrogen (secondary N) is 1. The molecule has 1 aliphatic rings. The largest absolute Gasteiger partial charge is 0.379 e. The zero-order valence-corrected chi connectivity index (χ0v) is 11.3. The highest BCUT2D eigenvalue weighted by atomic mass is 15.0. The Morgan fingerprint density at radius 1 is 1.10 bits per heavy atom. The minimum atomic E-state index is 0.764. The van der Waals surface area contributed by atoms with Gasteiger partial charge >= 0.3 is 0 Å². The van der Waals surface area contributed by atoms with E-state index in [1.54, 1.807) is 0 Å². The Morgan fingerprint density at radius 3 is 3.00 bits per heavy atom. The molecule has 20 heavy (non-hydrogen) atoms. The lowest BCUT2D eigenvalue weighted by atomic mass is 10.1. The van der Waals surface area contributed by atoms with Crippen molar-refractivity contribution < 1.29 is 0 Å². The molecule has 3 nitrogen and oxygen atoms in total. The molecule has 100 valence electrons. The van der Waals surface area contributed by atoms with E-state index in [9.17, 15) is 0 Å². The van der Waals surface area contributed by atoms with Gasteiger partial charge in [0, 0.05) is 18.1 Å². The standard InChI is InChI=1S/C17H17N3/c1-2-9-20-12-16(19-17(20)6-1)11-18-15-8-7-13-4-3-5-14(13)10-15/h1-2,6-10,12,18H,3-5,11H2. The van der Waals surface area contributed by atoms with Crippen molar-refractivity contribution in [3.05, 3.63) is 65.6 Å². The van der Waals surface area contributed by atoms with Crippen molar-refractivity contribution in [2.45, 2.75) is 25.8 Å². The van der Waals surface area contributed by atoms with Crippen LogP contribution in [0.4, 0.5) is 5.69 Å². The number of hydrogen-bond donors (Lipinski definition) is 1. The number of hydrogen-bond acceptors (Lipinski definition) is 2. The molecule has 0 saturated heterocycles. The van der Waals surface area contributed by atoms with Crippen LogP contribution in [0.1, 0.15) is 23.2 Å². The van der Waals surface area contributed by atoms with Crippen molar-refractivity contribution in [2.24, 2.45) is 0 Å².